The van der Waals surface area contributed by atoms with Crippen molar-refractivity contribution in [3.63, 3.8) is 0 Å². The molecule has 3 fully saturated rings. The number of hydrogen-bond acceptors (Lipinski definition) is 9. The summed E-state index contributed by atoms with van der Waals surface area (Å²) >= 11 is 0. The highest BCUT2D eigenvalue weighted by molar-refractivity contribution is 5.10. The molecule has 3 rings (SSSR count). The van der Waals surface area contributed by atoms with Gasteiger partial charge in [0.05, 0.1) is 0 Å². The van der Waals surface area contributed by atoms with Crippen LogP contribution in [0.15, 0.2) is 0 Å². The molecule has 27 heavy (non-hydrogen) atoms. The van der Waals surface area contributed by atoms with Gasteiger partial charge >= 0.3 is 0 Å². The van der Waals surface area contributed by atoms with E-state index in [4.69, 9.17) is 33.2 Å². The monoisotopic (exact) mass is 392 g/mol. The number of hydrogen-bond donors (Lipinski definition) is 2. The number of rotatable bonds is 3. The highest BCUT2D eigenvalue weighted by Crippen LogP contribution is 2.48. The molecule has 0 aromatic heterocycles. The molecule has 0 spiro atoms. The van der Waals surface area contributed by atoms with Gasteiger partial charge in [0.25, 0.3) is 0 Å². The van der Waals surface area contributed by atoms with E-state index in [-0.39, 0.29) is 0 Å². The van der Waals surface area contributed by atoms with Gasteiger partial charge in [0, 0.05) is 21.3 Å². The van der Waals surface area contributed by atoms with Crippen molar-refractivity contribution < 1.29 is 43.4 Å². The zero-order valence-corrected chi connectivity index (χ0v) is 17.2. The third kappa shape index (κ3) is 2.87. The van der Waals surface area contributed by atoms with Crippen LogP contribution in [0.4, 0.5) is 0 Å². The van der Waals surface area contributed by atoms with Crippen LogP contribution in [0.25, 0.3) is 0 Å². The summed E-state index contributed by atoms with van der Waals surface area (Å²) in [5.41, 5.74) is -0.877. The summed E-state index contributed by atoms with van der Waals surface area (Å²) in [6.07, 6.45) is -5.81. The van der Waals surface area contributed by atoms with Crippen LogP contribution in [0.1, 0.15) is 34.6 Å². The Bertz CT molecular complexity index is 571. The summed E-state index contributed by atoms with van der Waals surface area (Å²) in [7, 11) is 4.43. The Morgan fingerprint density at radius 2 is 0.852 bits per heavy atom. The molecular formula is C18H32O9. The Labute approximate surface area is 159 Å². The van der Waals surface area contributed by atoms with E-state index < -0.39 is 59.6 Å². The third-order valence-electron chi connectivity index (χ3n) is 6.59. The van der Waals surface area contributed by atoms with E-state index in [0.29, 0.717) is 0 Å². The predicted octanol–water partition coefficient (Wildman–Crippen LogP) is 0.156. The second-order valence-electron chi connectivity index (χ2n) is 8.27. The second kappa shape index (κ2) is 6.58. The first-order valence-electron chi connectivity index (χ1n) is 9.11. The van der Waals surface area contributed by atoms with E-state index in [1.165, 1.54) is 21.3 Å². The first-order valence-corrected chi connectivity index (χ1v) is 9.11. The molecule has 0 unspecified atom stereocenters. The minimum absolute atomic E-state index is 0.837. The van der Waals surface area contributed by atoms with Crippen LogP contribution in [0.5, 0.6) is 0 Å². The molecule has 0 aromatic rings. The van der Waals surface area contributed by atoms with Crippen molar-refractivity contribution in [3.8, 4) is 0 Å². The predicted molar refractivity (Wildman–Crippen MR) is 91.8 cm³/mol. The molecule has 0 amide bonds. The number of methoxy groups -OCH3 is 3. The van der Waals surface area contributed by atoms with Crippen LogP contribution in [-0.4, -0.2) is 91.1 Å². The minimum Gasteiger partial charge on any atom is -0.387 e. The van der Waals surface area contributed by atoms with Gasteiger partial charge in [0.2, 0.25) is 11.6 Å². The van der Waals surface area contributed by atoms with Crippen molar-refractivity contribution >= 4 is 0 Å². The average molecular weight is 392 g/mol. The molecule has 0 radical (unpaired) electrons. The van der Waals surface area contributed by atoms with Crippen LogP contribution in [0.3, 0.4) is 0 Å². The number of fused-ring (bicyclic) bond motifs is 2. The number of aliphatic hydroxyl groups excluding tert-OH is 2. The van der Waals surface area contributed by atoms with Crippen molar-refractivity contribution in [2.24, 2.45) is 0 Å². The molecule has 158 valence electrons. The van der Waals surface area contributed by atoms with Gasteiger partial charge < -0.3 is 43.4 Å². The molecule has 9 nitrogen and oxygen atoms in total. The van der Waals surface area contributed by atoms with Gasteiger partial charge in [-0.25, -0.2) is 0 Å². The average Bonchev–Trinajstić information content (AvgIpc) is 2.63. The van der Waals surface area contributed by atoms with E-state index in [9.17, 15) is 10.2 Å². The van der Waals surface area contributed by atoms with Crippen LogP contribution < -0.4 is 0 Å². The number of ether oxygens (including phenoxy) is 7. The van der Waals surface area contributed by atoms with E-state index in [0.717, 1.165) is 0 Å². The zero-order valence-electron chi connectivity index (χ0n) is 17.2. The summed E-state index contributed by atoms with van der Waals surface area (Å²) in [6.45, 7) is 8.64. The van der Waals surface area contributed by atoms with E-state index in [1.54, 1.807) is 34.6 Å². The van der Waals surface area contributed by atoms with E-state index in [2.05, 4.69) is 0 Å². The highest BCUT2D eigenvalue weighted by atomic mass is 16.8. The SMILES string of the molecule is CO[C@]1(C)O[C@H]2[C@H](O)[C@H]3O[C@](C)(OC)[C@@](C)(OC)O[C@@H]3[C@H](O)[C@@H]2OC1(C)C. The maximum atomic E-state index is 11.0. The molecule has 3 aliphatic rings. The lowest BCUT2D eigenvalue weighted by Crippen LogP contribution is -2.78. The second-order valence-corrected chi connectivity index (χ2v) is 8.27. The maximum absolute atomic E-state index is 11.0. The maximum Gasteiger partial charge on any atom is 0.220 e. The van der Waals surface area contributed by atoms with Crippen molar-refractivity contribution in [3.05, 3.63) is 0 Å². The Morgan fingerprint density at radius 1 is 0.556 bits per heavy atom. The summed E-state index contributed by atoms with van der Waals surface area (Å²) in [4.78, 5) is 0. The summed E-state index contributed by atoms with van der Waals surface area (Å²) in [5.74, 6) is -3.73. The molecule has 2 aliphatic heterocycles. The van der Waals surface area contributed by atoms with Crippen LogP contribution in [0, 0.1) is 0 Å². The Morgan fingerprint density at radius 3 is 1.19 bits per heavy atom. The first-order chi connectivity index (χ1) is 12.4. The molecule has 9 heteroatoms. The standard InChI is InChI=1S/C18H32O9/c1-15(2)16(3,21-6)25-12-10(20)14-13(9(19)11(12)24-15)26-17(4,22-7)18(5,23-8)27-14/h9-14,19-20H,1-8H3/t9-,10+,11+,12+,13-,14-,16-,17+,18+/m1/s1. The molecule has 1 aliphatic carbocycles. The first kappa shape index (κ1) is 21.4. The van der Waals surface area contributed by atoms with Gasteiger partial charge in [0.1, 0.15) is 42.2 Å². The fourth-order valence-electron chi connectivity index (χ4n) is 4.04. The van der Waals surface area contributed by atoms with Crippen LogP contribution >= 0.6 is 0 Å². The van der Waals surface area contributed by atoms with Gasteiger partial charge in [-0.15, -0.1) is 0 Å². The number of aliphatic hydroxyl groups is 2. The van der Waals surface area contributed by atoms with Gasteiger partial charge in [0.15, 0.2) is 5.79 Å². The molecule has 0 aromatic carbocycles. The lowest BCUT2D eigenvalue weighted by Gasteiger charge is -2.61. The molecule has 0 bridgehead atoms. The highest BCUT2D eigenvalue weighted by Gasteiger charge is 2.67. The van der Waals surface area contributed by atoms with E-state index >= 15 is 0 Å². The molecule has 2 saturated heterocycles. The van der Waals surface area contributed by atoms with Crippen LogP contribution in [-0.2, 0) is 33.2 Å². The molecule has 2 N–H and O–H groups in total. The van der Waals surface area contributed by atoms with Crippen molar-refractivity contribution in [1.82, 2.24) is 0 Å². The Hall–Kier alpha value is -0.360. The molecule has 9 atom stereocenters. The summed E-state index contributed by atoms with van der Waals surface area (Å²) in [5, 5.41) is 22.0. The van der Waals surface area contributed by atoms with Crippen molar-refractivity contribution in [2.75, 3.05) is 21.3 Å². The quantitative estimate of drug-likeness (QED) is 0.695. The normalized spacial score (nSPS) is 54.9. The summed E-state index contributed by atoms with van der Waals surface area (Å²) in [6, 6.07) is 0. The molecule has 1 saturated carbocycles. The third-order valence-corrected chi connectivity index (χ3v) is 6.59. The molecular weight excluding hydrogens is 360 g/mol. The lowest BCUT2D eigenvalue weighted by molar-refractivity contribution is -0.486. The fourth-order valence-corrected chi connectivity index (χ4v) is 4.04. The Balaban J connectivity index is 1.96. The van der Waals surface area contributed by atoms with Gasteiger partial charge in [-0.05, 0) is 34.6 Å². The fraction of sp³-hybridized carbons (Fsp3) is 1.00. The van der Waals surface area contributed by atoms with Gasteiger partial charge in [-0.2, -0.15) is 0 Å². The van der Waals surface area contributed by atoms with Gasteiger partial charge in [-0.1, -0.05) is 0 Å². The van der Waals surface area contributed by atoms with Crippen LogP contribution in [0.2, 0.25) is 0 Å². The van der Waals surface area contributed by atoms with Crippen molar-refractivity contribution in [2.45, 2.75) is 94.2 Å². The largest absolute Gasteiger partial charge is 0.387 e. The molecule has 2 heterocycles. The Kier molecular flexibility index (Phi) is 5.20. The zero-order chi connectivity index (χ0) is 20.4. The van der Waals surface area contributed by atoms with Gasteiger partial charge in [-0.3, -0.25) is 0 Å². The lowest BCUT2D eigenvalue weighted by atomic mass is 9.80. The summed E-state index contributed by atoms with van der Waals surface area (Å²) < 4.78 is 40.8. The topological polar surface area (TPSA) is 105 Å². The van der Waals surface area contributed by atoms with E-state index in [1.807, 2.05) is 0 Å². The van der Waals surface area contributed by atoms with Crippen molar-refractivity contribution in [1.29, 1.82) is 0 Å². The minimum atomic E-state index is -1.31. The smallest absolute Gasteiger partial charge is 0.220 e.